The molecule has 0 spiro atoms. The van der Waals surface area contributed by atoms with E-state index in [9.17, 15) is 33.9 Å². The third-order valence-corrected chi connectivity index (χ3v) is 4.88. The van der Waals surface area contributed by atoms with Crippen LogP contribution in [-0.4, -0.2) is 77.3 Å². The van der Waals surface area contributed by atoms with Crippen molar-refractivity contribution in [2.45, 2.75) is 70.1 Å². The first-order valence-corrected chi connectivity index (χ1v) is 11.2. The molecule has 0 fully saturated rings. The molecule has 0 aromatic carbocycles. The van der Waals surface area contributed by atoms with Gasteiger partial charge in [-0.2, -0.15) is 0 Å². The second-order valence-electron chi connectivity index (χ2n) is 8.42. The summed E-state index contributed by atoms with van der Waals surface area (Å²) in [6.45, 7) is 3.38. The summed E-state index contributed by atoms with van der Waals surface area (Å²) in [6.07, 6.45) is -0.733. The summed E-state index contributed by atoms with van der Waals surface area (Å²) in [7, 11) is 0. The first-order chi connectivity index (χ1) is 16.6. The molecule has 0 saturated carbocycles. The van der Waals surface area contributed by atoms with Crippen LogP contribution < -0.4 is 44.6 Å². The van der Waals surface area contributed by atoms with Gasteiger partial charge in [0.05, 0.1) is 12.5 Å². The third-order valence-electron chi connectivity index (χ3n) is 4.88. The van der Waals surface area contributed by atoms with Crippen LogP contribution in [0, 0.1) is 5.92 Å². The summed E-state index contributed by atoms with van der Waals surface area (Å²) in [5, 5.41) is 16.5. The highest BCUT2D eigenvalue weighted by atomic mass is 16.4. The van der Waals surface area contributed by atoms with Crippen molar-refractivity contribution in [3.63, 3.8) is 0 Å². The molecule has 16 nitrogen and oxygen atoms in total. The molecule has 0 aliphatic rings. The average molecular weight is 516 g/mol. The van der Waals surface area contributed by atoms with Gasteiger partial charge in [-0.05, 0) is 25.2 Å². The molecule has 5 amide bonds. The Kier molecular flexibility index (Phi) is 14.1. The number of carboxylic acids is 1. The van der Waals surface area contributed by atoms with Crippen LogP contribution in [0.15, 0.2) is 4.99 Å². The van der Waals surface area contributed by atoms with Crippen molar-refractivity contribution < 1.29 is 33.9 Å². The lowest BCUT2D eigenvalue weighted by atomic mass is 10.0. The quantitative estimate of drug-likeness (QED) is 0.0509. The Balaban J connectivity index is 5.60. The fourth-order valence-corrected chi connectivity index (χ4v) is 2.95. The lowest BCUT2D eigenvalue weighted by molar-refractivity contribution is -0.142. The summed E-state index contributed by atoms with van der Waals surface area (Å²) < 4.78 is 0. The van der Waals surface area contributed by atoms with Crippen molar-refractivity contribution in [1.29, 1.82) is 0 Å². The van der Waals surface area contributed by atoms with E-state index < -0.39 is 72.0 Å². The maximum Gasteiger partial charge on any atom is 0.326 e. The monoisotopic (exact) mass is 515 g/mol. The molecule has 0 aromatic rings. The molecule has 0 aliphatic carbocycles. The number of hydrogen-bond acceptors (Lipinski definition) is 8. The summed E-state index contributed by atoms with van der Waals surface area (Å²) in [6, 6.07) is -5.10. The third kappa shape index (κ3) is 13.1. The molecule has 4 unspecified atom stereocenters. The predicted octanol–water partition coefficient (Wildman–Crippen LogP) is -4.30. The van der Waals surface area contributed by atoms with E-state index in [-0.39, 0.29) is 38.2 Å². The van der Waals surface area contributed by atoms with E-state index in [4.69, 9.17) is 28.7 Å². The van der Waals surface area contributed by atoms with Gasteiger partial charge in [0, 0.05) is 13.0 Å². The van der Waals surface area contributed by atoms with Crippen molar-refractivity contribution in [2.24, 2.45) is 39.6 Å². The topological polar surface area (TPSA) is 301 Å². The van der Waals surface area contributed by atoms with Crippen LogP contribution in [0.1, 0.15) is 46.0 Å². The van der Waals surface area contributed by atoms with Crippen molar-refractivity contribution in [2.75, 3.05) is 6.54 Å². The molecule has 36 heavy (non-hydrogen) atoms. The second-order valence-corrected chi connectivity index (χ2v) is 8.42. The highest BCUT2D eigenvalue weighted by Gasteiger charge is 2.31. The number of aliphatic carboxylic acids is 1. The van der Waals surface area contributed by atoms with Gasteiger partial charge >= 0.3 is 5.97 Å². The second kappa shape index (κ2) is 15.9. The van der Waals surface area contributed by atoms with Crippen LogP contribution in [0.25, 0.3) is 0 Å². The Labute approximate surface area is 208 Å². The summed E-state index contributed by atoms with van der Waals surface area (Å²) in [4.78, 5) is 75.4. The summed E-state index contributed by atoms with van der Waals surface area (Å²) in [5.74, 6) is -5.97. The van der Waals surface area contributed by atoms with Crippen LogP contribution in [-0.2, 0) is 28.8 Å². The van der Waals surface area contributed by atoms with Crippen molar-refractivity contribution in [3.8, 4) is 0 Å². The Hall–Kier alpha value is -3.95. The van der Waals surface area contributed by atoms with Crippen molar-refractivity contribution >= 4 is 41.5 Å². The number of hydrogen-bond donors (Lipinski definition) is 9. The Morgan fingerprint density at radius 2 is 1.39 bits per heavy atom. The number of carbonyl (C=O) groups excluding carboxylic acids is 5. The van der Waals surface area contributed by atoms with E-state index in [0.717, 1.165) is 0 Å². The van der Waals surface area contributed by atoms with E-state index in [1.54, 1.807) is 13.8 Å². The van der Waals surface area contributed by atoms with Gasteiger partial charge < -0.3 is 49.7 Å². The zero-order valence-corrected chi connectivity index (χ0v) is 20.4. The Morgan fingerprint density at radius 3 is 1.86 bits per heavy atom. The number of nitrogens with zero attached hydrogens (tertiary/aromatic N) is 1. The molecule has 204 valence electrons. The van der Waals surface area contributed by atoms with Gasteiger partial charge in [0.15, 0.2) is 5.96 Å². The molecule has 14 N–H and O–H groups in total. The number of carboxylic acid groups (broad SMARTS) is 1. The molecule has 0 saturated heterocycles. The minimum Gasteiger partial charge on any atom is -0.480 e. The average Bonchev–Trinajstić information content (AvgIpc) is 2.75. The number of amides is 5. The Bertz CT molecular complexity index is 843. The van der Waals surface area contributed by atoms with Gasteiger partial charge in [-0.3, -0.25) is 29.0 Å². The van der Waals surface area contributed by atoms with Crippen LogP contribution in [0.5, 0.6) is 0 Å². The van der Waals surface area contributed by atoms with Gasteiger partial charge in [0.1, 0.15) is 18.1 Å². The van der Waals surface area contributed by atoms with E-state index in [1.807, 2.05) is 0 Å². The van der Waals surface area contributed by atoms with E-state index >= 15 is 0 Å². The molecule has 0 radical (unpaired) electrons. The summed E-state index contributed by atoms with van der Waals surface area (Å²) in [5.41, 5.74) is 26.3. The van der Waals surface area contributed by atoms with E-state index in [0.29, 0.717) is 0 Å². The van der Waals surface area contributed by atoms with Crippen LogP contribution in [0.2, 0.25) is 0 Å². The largest absolute Gasteiger partial charge is 0.480 e. The molecule has 0 heterocycles. The van der Waals surface area contributed by atoms with Gasteiger partial charge in [-0.15, -0.1) is 0 Å². The number of rotatable bonds is 17. The van der Waals surface area contributed by atoms with Crippen molar-refractivity contribution in [1.82, 2.24) is 16.0 Å². The molecular weight excluding hydrogens is 478 g/mol. The lowest BCUT2D eigenvalue weighted by Crippen LogP contribution is -2.58. The molecule has 0 rings (SSSR count). The fraction of sp³-hybridized carbons (Fsp3) is 0.650. The van der Waals surface area contributed by atoms with Gasteiger partial charge in [0.2, 0.25) is 29.5 Å². The van der Waals surface area contributed by atoms with Crippen LogP contribution in [0.3, 0.4) is 0 Å². The summed E-state index contributed by atoms with van der Waals surface area (Å²) >= 11 is 0. The van der Waals surface area contributed by atoms with Crippen LogP contribution in [0.4, 0.5) is 0 Å². The number of guanidine groups is 1. The lowest BCUT2D eigenvalue weighted by Gasteiger charge is -2.27. The van der Waals surface area contributed by atoms with Crippen LogP contribution >= 0.6 is 0 Å². The number of carbonyl (C=O) groups is 6. The molecule has 0 aliphatic heterocycles. The van der Waals surface area contributed by atoms with E-state index in [1.165, 1.54) is 0 Å². The SMILES string of the molecule is CC(C)C(NC(=O)C(N)CC(N)=O)C(=O)NC(CCCN=C(N)N)C(=O)NC(CCC(N)=O)C(=O)O. The molecular formula is C20H37N9O7. The molecule has 0 aromatic heterocycles. The zero-order valence-electron chi connectivity index (χ0n) is 20.4. The smallest absolute Gasteiger partial charge is 0.326 e. The minimum absolute atomic E-state index is 0.0104. The normalized spacial score (nSPS) is 14.0. The number of primary amides is 2. The highest BCUT2D eigenvalue weighted by molar-refractivity contribution is 5.95. The minimum atomic E-state index is -1.44. The highest BCUT2D eigenvalue weighted by Crippen LogP contribution is 2.07. The van der Waals surface area contributed by atoms with Gasteiger partial charge in [-0.1, -0.05) is 13.8 Å². The molecule has 0 bridgehead atoms. The predicted molar refractivity (Wildman–Crippen MR) is 128 cm³/mol. The Morgan fingerprint density at radius 1 is 0.806 bits per heavy atom. The number of aliphatic imine (C=N–C) groups is 1. The number of nitrogens with one attached hydrogen (secondary N) is 3. The maximum atomic E-state index is 13.0. The number of nitrogens with two attached hydrogens (primary N) is 5. The van der Waals surface area contributed by atoms with Crippen molar-refractivity contribution in [3.05, 3.63) is 0 Å². The first-order valence-electron chi connectivity index (χ1n) is 11.2. The maximum absolute atomic E-state index is 13.0. The van der Waals surface area contributed by atoms with E-state index in [2.05, 4.69) is 20.9 Å². The fourth-order valence-electron chi connectivity index (χ4n) is 2.95. The zero-order chi connectivity index (χ0) is 28.0. The van der Waals surface area contributed by atoms with Gasteiger partial charge in [0.25, 0.3) is 0 Å². The van der Waals surface area contributed by atoms with Gasteiger partial charge in [-0.25, -0.2) is 4.79 Å². The first kappa shape index (κ1) is 32.0. The molecule has 16 heteroatoms. The molecule has 4 atom stereocenters. The standard InChI is InChI=1S/C20H37N9O7/c1-9(2)15(29-16(32)10(21)8-14(23)31)18(34)27-11(4-3-7-26-20(24)25)17(33)28-12(19(35)36)5-6-13(22)30/h9-12,15H,3-8,21H2,1-2H3,(H2,22,30)(H2,23,31)(H,27,34)(H,28,33)(H,29,32)(H,35,36)(H4,24,25,26).